The summed E-state index contributed by atoms with van der Waals surface area (Å²) >= 11 is 0. The average molecular weight is 245 g/mol. The number of para-hydroxylation sites is 1. The van der Waals surface area contributed by atoms with E-state index in [1.807, 2.05) is 30.3 Å². The van der Waals surface area contributed by atoms with Crippen LogP contribution < -0.4 is 0 Å². The van der Waals surface area contributed by atoms with Crippen LogP contribution in [0.15, 0.2) is 34.7 Å². The van der Waals surface area contributed by atoms with Gasteiger partial charge in [0.2, 0.25) is 0 Å². The third-order valence-corrected chi connectivity index (χ3v) is 3.54. The van der Waals surface area contributed by atoms with E-state index in [0.29, 0.717) is 13.1 Å². The van der Waals surface area contributed by atoms with Gasteiger partial charge in [-0.1, -0.05) is 18.2 Å². The van der Waals surface area contributed by atoms with Gasteiger partial charge in [0.15, 0.2) is 0 Å². The van der Waals surface area contributed by atoms with Crippen LogP contribution >= 0.6 is 0 Å². The van der Waals surface area contributed by atoms with Crippen LogP contribution in [0.25, 0.3) is 11.0 Å². The van der Waals surface area contributed by atoms with E-state index in [1.165, 1.54) is 4.90 Å². The van der Waals surface area contributed by atoms with E-state index in [2.05, 4.69) is 0 Å². The molecule has 1 aromatic heterocycles. The number of hydrogen-bond donors (Lipinski definition) is 1. The molecule has 0 spiro atoms. The average Bonchev–Trinajstić information content (AvgIpc) is 2.82. The zero-order valence-corrected chi connectivity index (χ0v) is 10.0. The summed E-state index contributed by atoms with van der Waals surface area (Å²) in [7, 11) is 0. The third kappa shape index (κ3) is 1.94. The Hall–Kier alpha value is -1.97. The van der Waals surface area contributed by atoms with Gasteiger partial charge in [0.05, 0.1) is 0 Å². The Balaban J connectivity index is 1.87. The summed E-state index contributed by atoms with van der Waals surface area (Å²) in [5, 5.41) is 10.1. The fourth-order valence-electron chi connectivity index (χ4n) is 2.59. The fourth-order valence-corrected chi connectivity index (χ4v) is 2.59. The zero-order chi connectivity index (χ0) is 12.5. The van der Waals surface area contributed by atoms with Gasteiger partial charge in [-0.3, -0.25) is 0 Å². The van der Waals surface area contributed by atoms with Crippen LogP contribution in [0.2, 0.25) is 0 Å². The molecule has 4 nitrogen and oxygen atoms in total. The lowest BCUT2D eigenvalue weighted by Crippen LogP contribution is -2.37. The van der Waals surface area contributed by atoms with Crippen molar-refractivity contribution in [3.05, 3.63) is 36.1 Å². The summed E-state index contributed by atoms with van der Waals surface area (Å²) in [6.07, 6.45) is 1.05. The Morgan fingerprint density at radius 2 is 2.22 bits per heavy atom. The summed E-state index contributed by atoms with van der Waals surface area (Å²) in [5.74, 6) is 1.09. The third-order valence-electron chi connectivity index (χ3n) is 3.54. The van der Waals surface area contributed by atoms with Crippen LogP contribution in [0, 0.1) is 0 Å². The monoisotopic (exact) mass is 245 g/mol. The van der Waals surface area contributed by atoms with Crippen molar-refractivity contribution < 1.29 is 14.3 Å². The molecule has 1 fully saturated rings. The van der Waals surface area contributed by atoms with Crippen molar-refractivity contribution in [3.8, 4) is 0 Å². The Labute approximate surface area is 105 Å². The molecule has 1 amide bonds. The second-order valence-corrected chi connectivity index (χ2v) is 4.75. The molecule has 94 valence electrons. The number of piperidine rings is 1. The van der Waals surface area contributed by atoms with Crippen LogP contribution in [-0.2, 0) is 0 Å². The van der Waals surface area contributed by atoms with Gasteiger partial charge in [-0.25, -0.2) is 4.79 Å². The number of carboxylic acid groups (broad SMARTS) is 1. The van der Waals surface area contributed by atoms with Gasteiger partial charge >= 0.3 is 6.09 Å². The SMILES string of the molecule is O=C(O)N1CCCC(c2cc3ccccc3o2)C1. The Morgan fingerprint density at radius 1 is 1.39 bits per heavy atom. The molecule has 1 aliphatic rings. The molecule has 0 aliphatic carbocycles. The molecule has 4 heteroatoms. The van der Waals surface area contributed by atoms with Crippen molar-refractivity contribution >= 4 is 17.1 Å². The molecule has 3 rings (SSSR count). The van der Waals surface area contributed by atoms with Crippen LogP contribution in [0.4, 0.5) is 4.79 Å². The Kier molecular flexibility index (Phi) is 2.70. The summed E-state index contributed by atoms with van der Waals surface area (Å²) in [5.41, 5.74) is 0.875. The maximum absolute atomic E-state index is 11.0. The molecule has 2 aromatic rings. The predicted octanol–water partition coefficient (Wildman–Crippen LogP) is 3.29. The Morgan fingerprint density at radius 3 is 3.00 bits per heavy atom. The summed E-state index contributed by atoms with van der Waals surface area (Å²) in [6, 6.07) is 9.91. The van der Waals surface area contributed by atoms with Crippen LogP contribution in [-0.4, -0.2) is 29.2 Å². The highest BCUT2D eigenvalue weighted by Gasteiger charge is 2.26. The van der Waals surface area contributed by atoms with Gasteiger partial charge in [0.1, 0.15) is 11.3 Å². The highest BCUT2D eigenvalue weighted by Crippen LogP contribution is 2.31. The summed E-state index contributed by atoms with van der Waals surface area (Å²) in [4.78, 5) is 12.5. The molecule has 1 saturated heterocycles. The standard InChI is InChI=1S/C14H15NO3/c16-14(17)15-7-3-5-11(9-15)13-8-10-4-1-2-6-12(10)18-13/h1-2,4,6,8,11H,3,5,7,9H2,(H,16,17). The maximum Gasteiger partial charge on any atom is 0.407 e. The number of nitrogens with zero attached hydrogens (tertiary/aromatic N) is 1. The molecule has 1 aliphatic heterocycles. The molecule has 0 radical (unpaired) electrons. The molecule has 0 bridgehead atoms. The molecule has 1 atom stereocenters. The number of furan rings is 1. The van der Waals surface area contributed by atoms with Crippen LogP contribution in [0.3, 0.4) is 0 Å². The molecule has 2 heterocycles. The lowest BCUT2D eigenvalue weighted by atomic mass is 9.96. The zero-order valence-electron chi connectivity index (χ0n) is 10.0. The lowest BCUT2D eigenvalue weighted by Gasteiger charge is -2.29. The van der Waals surface area contributed by atoms with Crippen LogP contribution in [0.1, 0.15) is 24.5 Å². The summed E-state index contributed by atoms with van der Waals surface area (Å²) in [6.45, 7) is 1.17. The number of hydrogen-bond acceptors (Lipinski definition) is 2. The number of fused-ring (bicyclic) bond motifs is 1. The number of rotatable bonds is 1. The normalized spacial score (nSPS) is 20.2. The molecule has 1 unspecified atom stereocenters. The highest BCUT2D eigenvalue weighted by molar-refractivity contribution is 5.77. The second kappa shape index (κ2) is 4.37. The first-order chi connectivity index (χ1) is 8.74. The molecule has 18 heavy (non-hydrogen) atoms. The van der Waals surface area contributed by atoms with Gasteiger partial charge in [-0.15, -0.1) is 0 Å². The lowest BCUT2D eigenvalue weighted by molar-refractivity contribution is 0.128. The largest absolute Gasteiger partial charge is 0.465 e. The molecular formula is C14H15NO3. The first kappa shape index (κ1) is 11.1. The first-order valence-electron chi connectivity index (χ1n) is 6.20. The van der Waals surface area contributed by atoms with E-state index in [-0.39, 0.29) is 5.92 Å². The minimum atomic E-state index is -0.837. The Bertz CT molecular complexity index is 542. The molecule has 0 saturated carbocycles. The number of amides is 1. The van der Waals surface area contributed by atoms with Gasteiger partial charge in [-0.05, 0) is 25.0 Å². The van der Waals surface area contributed by atoms with Gasteiger partial charge in [0.25, 0.3) is 0 Å². The second-order valence-electron chi connectivity index (χ2n) is 4.75. The highest BCUT2D eigenvalue weighted by atomic mass is 16.4. The van der Waals surface area contributed by atoms with Crippen molar-refractivity contribution in [2.24, 2.45) is 0 Å². The fraction of sp³-hybridized carbons (Fsp3) is 0.357. The van der Waals surface area contributed by atoms with Crippen molar-refractivity contribution in [3.63, 3.8) is 0 Å². The van der Waals surface area contributed by atoms with E-state index >= 15 is 0 Å². The molecule has 1 N–H and O–H groups in total. The number of carbonyl (C=O) groups is 1. The van der Waals surface area contributed by atoms with E-state index in [9.17, 15) is 4.79 Å². The van der Waals surface area contributed by atoms with Crippen molar-refractivity contribution in [1.29, 1.82) is 0 Å². The maximum atomic E-state index is 11.0. The summed E-state index contributed by atoms with van der Waals surface area (Å²) < 4.78 is 5.82. The number of likely N-dealkylation sites (tertiary alicyclic amines) is 1. The van der Waals surface area contributed by atoms with Crippen molar-refractivity contribution in [2.45, 2.75) is 18.8 Å². The van der Waals surface area contributed by atoms with E-state index in [1.54, 1.807) is 0 Å². The van der Waals surface area contributed by atoms with E-state index in [4.69, 9.17) is 9.52 Å². The van der Waals surface area contributed by atoms with Gasteiger partial charge in [0, 0.05) is 24.4 Å². The van der Waals surface area contributed by atoms with Gasteiger partial charge < -0.3 is 14.4 Å². The molecule has 1 aromatic carbocycles. The van der Waals surface area contributed by atoms with Crippen molar-refractivity contribution in [2.75, 3.05) is 13.1 Å². The number of benzene rings is 1. The minimum Gasteiger partial charge on any atom is -0.465 e. The van der Waals surface area contributed by atoms with Crippen molar-refractivity contribution in [1.82, 2.24) is 4.90 Å². The van der Waals surface area contributed by atoms with Crippen LogP contribution in [0.5, 0.6) is 0 Å². The predicted molar refractivity (Wildman–Crippen MR) is 67.8 cm³/mol. The van der Waals surface area contributed by atoms with E-state index < -0.39 is 6.09 Å². The minimum absolute atomic E-state index is 0.183. The topological polar surface area (TPSA) is 53.7 Å². The van der Waals surface area contributed by atoms with Gasteiger partial charge in [-0.2, -0.15) is 0 Å². The molecular weight excluding hydrogens is 230 g/mol. The smallest absolute Gasteiger partial charge is 0.407 e. The van der Waals surface area contributed by atoms with E-state index in [0.717, 1.165) is 29.6 Å². The first-order valence-corrected chi connectivity index (χ1v) is 6.20. The quantitative estimate of drug-likeness (QED) is 0.838.